The average Bonchev–Trinajstić information content (AvgIpc) is 3.10. The molecule has 1 aliphatic heterocycles. The second-order valence-corrected chi connectivity index (χ2v) is 5.55. The topological polar surface area (TPSA) is 31.1 Å². The zero-order valence-electron chi connectivity index (χ0n) is 11.7. The van der Waals surface area contributed by atoms with Crippen LogP contribution in [0.1, 0.15) is 12.8 Å². The molecule has 0 saturated carbocycles. The zero-order valence-corrected chi connectivity index (χ0v) is 12.5. The van der Waals surface area contributed by atoms with Crippen LogP contribution in [-0.2, 0) is 6.67 Å². The predicted octanol–water partition coefficient (Wildman–Crippen LogP) is 1.72. The van der Waals surface area contributed by atoms with E-state index in [2.05, 4.69) is 38.9 Å². The van der Waals surface area contributed by atoms with E-state index in [1.807, 2.05) is 29.2 Å². The van der Waals surface area contributed by atoms with Crippen LogP contribution in [0.3, 0.4) is 0 Å². The molecule has 1 N–H and O–H groups in total. The van der Waals surface area contributed by atoms with Crippen molar-refractivity contribution in [3.8, 4) is 5.69 Å². The summed E-state index contributed by atoms with van der Waals surface area (Å²) in [5.74, 6) is 0. The van der Waals surface area contributed by atoms with Gasteiger partial charge in [-0.25, -0.2) is 14.6 Å². The first-order chi connectivity index (χ1) is 9.74. The maximum atomic E-state index is 5.41. The minimum Gasteiger partial charge on any atom is -0.239 e. The van der Waals surface area contributed by atoms with Gasteiger partial charge in [0.25, 0.3) is 0 Å². The number of hydrazine groups is 1. The number of rotatable bonds is 4. The highest BCUT2D eigenvalue weighted by molar-refractivity contribution is 7.71. The lowest BCUT2D eigenvalue weighted by molar-refractivity contribution is -0.727. The van der Waals surface area contributed by atoms with Gasteiger partial charge in [-0.2, -0.15) is 0 Å². The fourth-order valence-electron chi connectivity index (χ4n) is 2.56. The first-order valence-electron chi connectivity index (χ1n) is 6.96. The predicted molar refractivity (Wildman–Crippen MR) is 79.7 cm³/mol. The first-order valence-corrected chi connectivity index (χ1v) is 7.37. The van der Waals surface area contributed by atoms with Crippen molar-refractivity contribution >= 4 is 12.2 Å². The summed E-state index contributed by atoms with van der Waals surface area (Å²) in [6, 6.07) is 10.2. The fourth-order valence-corrected chi connectivity index (χ4v) is 2.76. The summed E-state index contributed by atoms with van der Waals surface area (Å²) >= 11 is 5.41. The third kappa shape index (κ3) is 2.82. The molecule has 1 aromatic carbocycles. The van der Waals surface area contributed by atoms with Crippen molar-refractivity contribution in [2.45, 2.75) is 19.5 Å². The van der Waals surface area contributed by atoms with Crippen LogP contribution in [-0.4, -0.2) is 39.9 Å². The highest BCUT2D eigenvalue weighted by Crippen LogP contribution is 2.09. The summed E-state index contributed by atoms with van der Waals surface area (Å²) in [5.41, 5.74) is 1.08. The van der Waals surface area contributed by atoms with Crippen LogP contribution in [0, 0.1) is 4.77 Å². The summed E-state index contributed by atoms with van der Waals surface area (Å²) < 4.78 is 4.75. The van der Waals surface area contributed by atoms with E-state index in [0.717, 1.165) is 30.2 Å². The molecule has 2 heterocycles. The van der Waals surface area contributed by atoms with Gasteiger partial charge in [-0.1, -0.05) is 18.2 Å². The molecule has 1 aliphatic rings. The maximum absolute atomic E-state index is 5.41. The van der Waals surface area contributed by atoms with Gasteiger partial charge in [-0.05, 0) is 37.2 Å². The van der Waals surface area contributed by atoms with Crippen molar-refractivity contribution in [1.29, 1.82) is 0 Å². The molecule has 0 bridgehead atoms. The van der Waals surface area contributed by atoms with E-state index in [4.69, 9.17) is 12.2 Å². The Hall–Kier alpha value is -1.50. The second-order valence-electron chi connectivity index (χ2n) is 5.17. The molecule has 0 amide bonds. The second kappa shape index (κ2) is 5.87. The lowest BCUT2D eigenvalue weighted by Crippen LogP contribution is -2.48. The molecule has 3 rings (SSSR count). The molecule has 0 aliphatic carbocycles. The zero-order chi connectivity index (χ0) is 13.9. The van der Waals surface area contributed by atoms with Gasteiger partial charge in [0.05, 0.1) is 0 Å². The summed E-state index contributed by atoms with van der Waals surface area (Å²) in [6.45, 7) is 3.06. The minimum atomic E-state index is 0.736. The SMILES string of the molecule is CN(C[n+]1cn(-c2ccccc2)[nH]c1=S)N1CCCC1. The molecular weight excluding hydrogens is 270 g/mol. The molecule has 2 aromatic rings. The van der Waals surface area contributed by atoms with E-state index in [0.29, 0.717) is 0 Å². The molecule has 0 spiro atoms. The molecule has 6 heteroatoms. The molecular formula is C14H20N5S+. The lowest BCUT2D eigenvalue weighted by Gasteiger charge is -2.25. The van der Waals surface area contributed by atoms with Gasteiger partial charge in [0.1, 0.15) is 12.4 Å². The number of nitrogens with one attached hydrogen (secondary N) is 1. The van der Waals surface area contributed by atoms with Crippen LogP contribution < -0.4 is 4.57 Å². The van der Waals surface area contributed by atoms with Crippen LogP contribution in [0.2, 0.25) is 0 Å². The number of hydrogen-bond donors (Lipinski definition) is 1. The summed E-state index contributed by atoms with van der Waals surface area (Å²) in [6.07, 6.45) is 4.59. The van der Waals surface area contributed by atoms with Gasteiger partial charge < -0.3 is 0 Å². The number of hydrogen-bond acceptors (Lipinski definition) is 3. The van der Waals surface area contributed by atoms with Crippen LogP contribution >= 0.6 is 12.2 Å². The van der Waals surface area contributed by atoms with Crippen molar-refractivity contribution < 1.29 is 4.57 Å². The van der Waals surface area contributed by atoms with Gasteiger partial charge in [0, 0.05) is 20.1 Å². The molecule has 0 atom stereocenters. The van der Waals surface area contributed by atoms with E-state index in [1.165, 1.54) is 12.8 Å². The normalized spacial score (nSPS) is 16.1. The Morgan fingerprint density at radius 3 is 2.65 bits per heavy atom. The standard InChI is InChI=1S/C14H19N5S/c1-16(18-9-5-6-10-18)11-17-12-19(15-14(17)20)13-7-3-2-4-8-13/h2-4,7-8,12H,5-6,9-11H2,1H3/p+1. The molecule has 5 nitrogen and oxygen atoms in total. The van der Waals surface area contributed by atoms with Gasteiger partial charge >= 0.3 is 4.77 Å². The highest BCUT2D eigenvalue weighted by atomic mass is 32.1. The van der Waals surface area contributed by atoms with Crippen molar-refractivity contribution in [2.24, 2.45) is 0 Å². The Morgan fingerprint density at radius 1 is 1.25 bits per heavy atom. The molecule has 1 aromatic heterocycles. The molecule has 0 radical (unpaired) electrons. The Morgan fingerprint density at radius 2 is 1.95 bits per heavy atom. The molecule has 20 heavy (non-hydrogen) atoms. The van der Waals surface area contributed by atoms with E-state index in [-0.39, 0.29) is 0 Å². The number of H-pyrrole nitrogens is 1. The van der Waals surface area contributed by atoms with E-state index >= 15 is 0 Å². The van der Waals surface area contributed by atoms with Gasteiger partial charge in [0.2, 0.25) is 6.33 Å². The Kier molecular flexibility index (Phi) is 3.95. The van der Waals surface area contributed by atoms with Crippen LogP contribution in [0.15, 0.2) is 36.7 Å². The summed E-state index contributed by atoms with van der Waals surface area (Å²) in [5, 5.41) is 7.82. The van der Waals surface area contributed by atoms with Gasteiger partial charge in [0.15, 0.2) is 0 Å². The number of aromatic nitrogens is 3. The monoisotopic (exact) mass is 290 g/mol. The quantitative estimate of drug-likeness (QED) is 0.687. The minimum absolute atomic E-state index is 0.736. The number of aromatic amines is 1. The lowest BCUT2D eigenvalue weighted by atomic mass is 10.3. The van der Waals surface area contributed by atoms with E-state index < -0.39 is 0 Å². The van der Waals surface area contributed by atoms with Crippen molar-refractivity contribution in [3.63, 3.8) is 0 Å². The molecule has 106 valence electrons. The van der Waals surface area contributed by atoms with Crippen molar-refractivity contribution in [2.75, 3.05) is 20.1 Å². The Balaban J connectivity index is 1.77. The van der Waals surface area contributed by atoms with Crippen molar-refractivity contribution in [3.05, 3.63) is 41.4 Å². The van der Waals surface area contributed by atoms with E-state index in [9.17, 15) is 0 Å². The Labute approximate surface area is 124 Å². The average molecular weight is 290 g/mol. The molecule has 1 saturated heterocycles. The van der Waals surface area contributed by atoms with Crippen molar-refractivity contribution in [1.82, 2.24) is 19.8 Å². The maximum Gasteiger partial charge on any atom is 0.324 e. The number of nitrogens with zero attached hydrogens (tertiary/aromatic N) is 4. The molecule has 1 fully saturated rings. The van der Waals surface area contributed by atoms with Crippen LogP contribution in [0.5, 0.6) is 0 Å². The van der Waals surface area contributed by atoms with Gasteiger partial charge in [-0.3, -0.25) is 0 Å². The largest absolute Gasteiger partial charge is 0.324 e. The summed E-state index contributed by atoms with van der Waals surface area (Å²) in [7, 11) is 2.12. The van der Waals surface area contributed by atoms with Crippen LogP contribution in [0.25, 0.3) is 5.69 Å². The first kappa shape index (κ1) is 13.5. The smallest absolute Gasteiger partial charge is 0.239 e. The van der Waals surface area contributed by atoms with Crippen LogP contribution in [0.4, 0.5) is 0 Å². The molecule has 0 unspecified atom stereocenters. The number of benzene rings is 1. The Bertz CT molecular complexity index is 612. The third-order valence-corrected chi connectivity index (χ3v) is 4.01. The van der Waals surface area contributed by atoms with Gasteiger partial charge in [-0.15, -0.1) is 9.78 Å². The fraction of sp³-hybridized carbons (Fsp3) is 0.429. The summed E-state index contributed by atoms with van der Waals surface area (Å²) in [4.78, 5) is 0. The highest BCUT2D eigenvalue weighted by Gasteiger charge is 2.18. The van der Waals surface area contributed by atoms with E-state index in [1.54, 1.807) is 0 Å². The third-order valence-electron chi connectivity index (χ3n) is 3.69. The number of para-hydroxylation sites is 1.